The number of rotatable bonds is 4. The van der Waals surface area contributed by atoms with Gasteiger partial charge in [0.25, 0.3) is 5.91 Å². The fourth-order valence-electron chi connectivity index (χ4n) is 5.65. The minimum absolute atomic E-state index is 0.308. The molecule has 0 aromatic carbocycles. The number of nitrogens with two attached hydrogens (primary N) is 1. The summed E-state index contributed by atoms with van der Waals surface area (Å²) in [5, 5.41) is 0. The zero-order chi connectivity index (χ0) is 17.6. The number of carbonyl (C=O) groups excluding carboxylic acids is 1. The maximum absolute atomic E-state index is 11.6. The maximum Gasteiger partial charge on any atom is 0.267 e. The average Bonchev–Trinajstić information content (AvgIpc) is 2.57. The Morgan fingerprint density at radius 3 is 2.56 bits per heavy atom. The molecule has 1 aromatic rings. The van der Waals surface area contributed by atoms with Gasteiger partial charge in [0.1, 0.15) is 11.3 Å². The first kappa shape index (κ1) is 17.0. The number of carbonyl (C=O) groups is 1. The molecule has 5 heteroatoms. The lowest BCUT2D eigenvalue weighted by Gasteiger charge is -2.58. The smallest absolute Gasteiger partial charge is 0.267 e. The maximum atomic E-state index is 11.6. The van der Waals surface area contributed by atoms with Crippen molar-refractivity contribution in [1.82, 2.24) is 9.88 Å². The number of fused-ring (bicyclic) bond motifs is 2. The SMILES string of the molecule is COC1(c2ccnc(C(N)=O)c2)C2CCCC1CN(C1CC(C)C1)C2. The second kappa shape index (κ2) is 6.36. The first-order valence-corrected chi connectivity index (χ1v) is 9.60. The second-order valence-electron chi connectivity index (χ2n) is 8.30. The van der Waals surface area contributed by atoms with E-state index < -0.39 is 5.91 Å². The Morgan fingerprint density at radius 1 is 1.32 bits per heavy atom. The Balaban J connectivity index is 1.67. The van der Waals surface area contributed by atoms with Gasteiger partial charge in [-0.25, -0.2) is 0 Å². The van der Waals surface area contributed by atoms with Gasteiger partial charge >= 0.3 is 0 Å². The van der Waals surface area contributed by atoms with Crippen molar-refractivity contribution in [2.75, 3.05) is 20.2 Å². The lowest BCUT2D eigenvalue weighted by Crippen LogP contribution is -2.62. The average molecular weight is 343 g/mol. The standard InChI is InChI=1S/C20H29N3O2/c1-13-8-17(9-13)23-11-15-4-3-5-16(12-23)20(15,25-2)14-6-7-22-18(10-14)19(21)24/h6-7,10,13,15-17H,3-5,8-9,11-12H2,1-2H3,(H2,21,24). The normalized spacial score (nSPS) is 38.2. The van der Waals surface area contributed by atoms with Crippen LogP contribution in [0.2, 0.25) is 0 Å². The van der Waals surface area contributed by atoms with Crippen LogP contribution in [0.4, 0.5) is 0 Å². The lowest BCUT2D eigenvalue weighted by atomic mass is 9.61. The third-order valence-corrected chi connectivity index (χ3v) is 6.89. The molecule has 0 radical (unpaired) electrons. The number of amides is 1. The number of aromatic nitrogens is 1. The molecule has 2 heterocycles. The van der Waals surface area contributed by atoms with E-state index in [4.69, 9.17) is 10.5 Å². The van der Waals surface area contributed by atoms with Crippen LogP contribution in [0.15, 0.2) is 18.3 Å². The van der Waals surface area contributed by atoms with Crippen molar-refractivity contribution in [3.63, 3.8) is 0 Å². The molecule has 25 heavy (non-hydrogen) atoms. The first-order chi connectivity index (χ1) is 12.0. The Hall–Kier alpha value is -1.46. The minimum atomic E-state index is -0.473. The molecule has 2 atom stereocenters. The van der Waals surface area contributed by atoms with E-state index in [2.05, 4.69) is 16.8 Å². The van der Waals surface area contributed by atoms with Gasteiger partial charge in [0.2, 0.25) is 0 Å². The highest BCUT2D eigenvalue weighted by Gasteiger charge is 2.54. The van der Waals surface area contributed by atoms with Gasteiger partial charge in [-0.2, -0.15) is 0 Å². The van der Waals surface area contributed by atoms with E-state index in [1.54, 1.807) is 6.20 Å². The fourth-order valence-corrected chi connectivity index (χ4v) is 5.65. The van der Waals surface area contributed by atoms with Crippen molar-refractivity contribution < 1.29 is 9.53 Å². The predicted octanol–water partition coefficient (Wildman–Crippen LogP) is 2.55. The number of hydrogen-bond donors (Lipinski definition) is 1. The summed E-state index contributed by atoms with van der Waals surface area (Å²) in [6.45, 7) is 4.54. The van der Waals surface area contributed by atoms with Crippen LogP contribution in [0.5, 0.6) is 0 Å². The third-order valence-electron chi connectivity index (χ3n) is 6.89. The van der Waals surface area contributed by atoms with Crippen molar-refractivity contribution in [3.05, 3.63) is 29.6 Å². The van der Waals surface area contributed by atoms with Gasteiger partial charge in [-0.05, 0) is 49.3 Å². The zero-order valence-electron chi connectivity index (χ0n) is 15.3. The molecule has 4 rings (SSSR count). The Morgan fingerprint density at radius 2 is 2.00 bits per heavy atom. The molecule has 2 N–H and O–H groups in total. The Kier molecular flexibility index (Phi) is 4.32. The highest BCUT2D eigenvalue weighted by atomic mass is 16.5. The lowest BCUT2D eigenvalue weighted by molar-refractivity contribution is -0.179. The van der Waals surface area contributed by atoms with E-state index in [0.717, 1.165) is 30.6 Å². The number of nitrogens with zero attached hydrogens (tertiary/aromatic N) is 2. The quantitative estimate of drug-likeness (QED) is 0.912. The Bertz CT molecular complexity index is 642. The molecule has 2 saturated carbocycles. The number of methoxy groups -OCH3 is 1. The number of hydrogen-bond acceptors (Lipinski definition) is 4. The van der Waals surface area contributed by atoms with E-state index in [0.29, 0.717) is 17.5 Å². The van der Waals surface area contributed by atoms with Crippen LogP contribution in [0, 0.1) is 17.8 Å². The fraction of sp³-hybridized carbons (Fsp3) is 0.700. The molecule has 2 unspecified atom stereocenters. The number of likely N-dealkylation sites (tertiary alicyclic amines) is 1. The van der Waals surface area contributed by atoms with E-state index in [1.165, 1.54) is 32.1 Å². The van der Waals surface area contributed by atoms with Gasteiger partial charge in [-0.3, -0.25) is 14.7 Å². The Labute approximate surface area is 149 Å². The van der Waals surface area contributed by atoms with Gasteiger partial charge in [0, 0.05) is 44.3 Å². The number of pyridine rings is 1. The number of piperidine rings is 1. The van der Waals surface area contributed by atoms with Crippen LogP contribution in [0.1, 0.15) is 55.1 Å². The summed E-state index contributed by atoms with van der Waals surface area (Å²) in [6.07, 6.45) is 7.99. The largest absolute Gasteiger partial charge is 0.373 e. The molecular formula is C20H29N3O2. The highest BCUT2D eigenvalue weighted by Crippen LogP contribution is 2.52. The van der Waals surface area contributed by atoms with Crippen LogP contribution in [0.3, 0.4) is 0 Å². The van der Waals surface area contributed by atoms with E-state index >= 15 is 0 Å². The van der Waals surface area contributed by atoms with Crippen molar-refractivity contribution in [2.45, 2.75) is 50.7 Å². The molecule has 3 aliphatic rings. The first-order valence-electron chi connectivity index (χ1n) is 9.60. The molecule has 1 saturated heterocycles. The molecular weight excluding hydrogens is 314 g/mol. The molecule has 136 valence electrons. The van der Waals surface area contributed by atoms with Gasteiger partial charge in [0.15, 0.2) is 0 Å². The van der Waals surface area contributed by atoms with E-state index in [-0.39, 0.29) is 5.60 Å². The van der Waals surface area contributed by atoms with Gasteiger partial charge in [-0.1, -0.05) is 13.3 Å². The molecule has 5 nitrogen and oxygen atoms in total. The minimum Gasteiger partial charge on any atom is -0.373 e. The molecule has 3 fully saturated rings. The molecule has 2 aliphatic carbocycles. The third kappa shape index (κ3) is 2.68. The second-order valence-corrected chi connectivity index (χ2v) is 8.30. The molecule has 1 aliphatic heterocycles. The molecule has 0 spiro atoms. The van der Waals surface area contributed by atoms with Crippen molar-refractivity contribution >= 4 is 5.91 Å². The van der Waals surface area contributed by atoms with Crippen molar-refractivity contribution in [1.29, 1.82) is 0 Å². The summed E-state index contributed by atoms with van der Waals surface area (Å²) in [7, 11) is 1.83. The van der Waals surface area contributed by atoms with E-state index in [9.17, 15) is 4.79 Å². The zero-order valence-corrected chi connectivity index (χ0v) is 15.3. The van der Waals surface area contributed by atoms with Crippen LogP contribution >= 0.6 is 0 Å². The summed E-state index contributed by atoms with van der Waals surface area (Å²) in [5.74, 6) is 1.32. The summed E-state index contributed by atoms with van der Waals surface area (Å²) in [5.41, 5.74) is 6.57. The van der Waals surface area contributed by atoms with Gasteiger partial charge in [0.05, 0.1) is 0 Å². The van der Waals surface area contributed by atoms with Crippen molar-refractivity contribution in [3.8, 4) is 0 Å². The molecule has 1 amide bonds. The van der Waals surface area contributed by atoms with Crippen LogP contribution in [-0.4, -0.2) is 42.0 Å². The van der Waals surface area contributed by atoms with Crippen LogP contribution in [-0.2, 0) is 10.3 Å². The summed E-state index contributed by atoms with van der Waals surface area (Å²) in [6, 6.07) is 4.63. The van der Waals surface area contributed by atoms with Crippen LogP contribution < -0.4 is 5.73 Å². The predicted molar refractivity (Wildman–Crippen MR) is 96.0 cm³/mol. The highest BCUT2D eigenvalue weighted by molar-refractivity contribution is 5.90. The van der Waals surface area contributed by atoms with Gasteiger partial charge < -0.3 is 10.5 Å². The van der Waals surface area contributed by atoms with E-state index in [1.807, 2.05) is 19.2 Å². The van der Waals surface area contributed by atoms with Crippen molar-refractivity contribution in [2.24, 2.45) is 23.5 Å². The number of ether oxygens (including phenoxy) is 1. The summed E-state index contributed by atoms with van der Waals surface area (Å²) < 4.78 is 6.26. The van der Waals surface area contributed by atoms with Crippen LogP contribution in [0.25, 0.3) is 0 Å². The molecule has 1 aromatic heterocycles. The van der Waals surface area contributed by atoms with Gasteiger partial charge in [-0.15, -0.1) is 0 Å². The summed E-state index contributed by atoms with van der Waals surface area (Å²) in [4.78, 5) is 18.4. The topological polar surface area (TPSA) is 68.5 Å². The molecule has 2 bridgehead atoms. The monoisotopic (exact) mass is 343 g/mol. The number of primary amides is 1. The summed E-state index contributed by atoms with van der Waals surface area (Å²) >= 11 is 0.